The topological polar surface area (TPSA) is 49.4 Å². The molecular weight excluding hydrogens is 352 g/mol. The van der Waals surface area contributed by atoms with Crippen LogP contribution in [-0.2, 0) is 16.6 Å². The first kappa shape index (κ1) is 16.0. The highest BCUT2D eigenvalue weighted by Gasteiger charge is 2.20. The number of sulfonamides is 1. The normalized spacial score (nSPS) is 11.6. The predicted octanol–water partition coefficient (Wildman–Crippen LogP) is 3.31. The first-order chi connectivity index (χ1) is 9.91. The van der Waals surface area contributed by atoms with Crippen molar-refractivity contribution in [3.05, 3.63) is 58.6 Å². The highest BCUT2D eigenvalue weighted by Crippen LogP contribution is 2.24. The largest absolute Gasteiger partial charge is 0.380 e. The van der Waals surface area contributed by atoms with E-state index < -0.39 is 10.0 Å². The minimum absolute atomic E-state index is 0.282. The molecule has 6 heteroatoms. The summed E-state index contributed by atoms with van der Waals surface area (Å²) in [6.07, 6.45) is 0. The number of halogens is 1. The van der Waals surface area contributed by atoms with Gasteiger partial charge in [0.2, 0.25) is 10.0 Å². The van der Waals surface area contributed by atoms with Gasteiger partial charge >= 0.3 is 0 Å². The smallest absolute Gasteiger partial charge is 0.244 e. The van der Waals surface area contributed by atoms with E-state index in [0.29, 0.717) is 12.2 Å². The van der Waals surface area contributed by atoms with Crippen LogP contribution < -0.4 is 5.32 Å². The summed E-state index contributed by atoms with van der Waals surface area (Å²) in [7, 11) is -0.402. The van der Waals surface area contributed by atoms with E-state index in [0.717, 1.165) is 10.0 Å². The van der Waals surface area contributed by atoms with Crippen LogP contribution in [0.1, 0.15) is 5.56 Å². The monoisotopic (exact) mass is 368 g/mol. The van der Waals surface area contributed by atoms with Crippen molar-refractivity contribution in [1.82, 2.24) is 4.31 Å². The molecule has 0 unspecified atom stereocenters. The number of nitrogens with one attached hydrogen (secondary N) is 1. The first-order valence-corrected chi connectivity index (χ1v) is 8.64. The summed E-state index contributed by atoms with van der Waals surface area (Å²) in [5.74, 6) is 0. The Bertz CT molecular complexity index is 730. The van der Waals surface area contributed by atoms with Crippen molar-refractivity contribution in [1.29, 1.82) is 0 Å². The van der Waals surface area contributed by atoms with Gasteiger partial charge in [-0.15, -0.1) is 0 Å². The summed E-state index contributed by atoms with van der Waals surface area (Å²) in [6, 6.07) is 14.8. The average molecular weight is 369 g/mol. The maximum absolute atomic E-state index is 12.3. The molecule has 0 atom stereocenters. The number of anilines is 1. The Balaban J connectivity index is 2.26. The second-order valence-electron chi connectivity index (χ2n) is 4.77. The van der Waals surface area contributed by atoms with Gasteiger partial charge in [-0.3, -0.25) is 0 Å². The summed E-state index contributed by atoms with van der Waals surface area (Å²) in [5.41, 5.74) is 1.67. The molecule has 0 aliphatic rings. The molecule has 0 amide bonds. The van der Waals surface area contributed by atoms with E-state index in [1.54, 1.807) is 18.2 Å². The van der Waals surface area contributed by atoms with Crippen molar-refractivity contribution in [3.63, 3.8) is 0 Å². The summed E-state index contributed by atoms with van der Waals surface area (Å²) in [6.45, 7) is 0.555. The standard InChI is InChI=1S/C15H17BrN2O2S/c1-18(2)21(19,20)15-9-4-3-8-14(15)17-11-12-6-5-7-13(16)10-12/h3-10,17H,11H2,1-2H3. The Labute approximate surface area is 134 Å². The van der Waals surface area contributed by atoms with Crippen LogP contribution in [0.4, 0.5) is 5.69 Å². The van der Waals surface area contributed by atoms with Gasteiger partial charge in [0.1, 0.15) is 4.90 Å². The molecule has 0 heterocycles. The quantitative estimate of drug-likeness (QED) is 0.880. The Morgan fingerprint density at radius 1 is 1.10 bits per heavy atom. The fraction of sp³-hybridized carbons (Fsp3) is 0.200. The fourth-order valence-corrected chi connectivity index (χ4v) is 3.39. The van der Waals surface area contributed by atoms with Crippen molar-refractivity contribution in [2.24, 2.45) is 0 Å². The Morgan fingerprint density at radius 3 is 2.48 bits per heavy atom. The van der Waals surface area contributed by atoms with Gasteiger partial charge in [0.15, 0.2) is 0 Å². The van der Waals surface area contributed by atoms with Gasteiger partial charge < -0.3 is 5.32 Å². The number of rotatable bonds is 5. The van der Waals surface area contributed by atoms with E-state index in [2.05, 4.69) is 21.2 Å². The summed E-state index contributed by atoms with van der Waals surface area (Å²) >= 11 is 3.42. The van der Waals surface area contributed by atoms with E-state index in [1.807, 2.05) is 30.3 Å². The third kappa shape index (κ3) is 3.84. The average Bonchev–Trinajstić information content (AvgIpc) is 2.45. The Kier molecular flexibility index (Phi) is 5.03. The van der Waals surface area contributed by atoms with Crippen molar-refractivity contribution >= 4 is 31.6 Å². The molecule has 0 spiro atoms. The van der Waals surface area contributed by atoms with Crippen molar-refractivity contribution in [2.75, 3.05) is 19.4 Å². The van der Waals surface area contributed by atoms with E-state index in [-0.39, 0.29) is 4.90 Å². The van der Waals surface area contributed by atoms with E-state index in [4.69, 9.17) is 0 Å². The van der Waals surface area contributed by atoms with Crippen molar-refractivity contribution in [2.45, 2.75) is 11.4 Å². The molecule has 2 aromatic carbocycles. The number of hydrogen-bond donors (Lipinski definition) is 1. The minimum Gasteiger partial charge on any atom is -0.380 e. The number of hydrogen-bond acceptors (Lipinski definition) is 3. The SMILES string of the molecule is CN(C)S(=O)(=O)c1ccccc1NCc1cccc(Br)c1. The van der Waals surface area contributed by atoms with E-state index in [9.17, 15) is 8.42 Å². The van der Waals surface area contributed by atoms with Crippen molar-refractivity contribution in [3.8, 4) is 0 Å². The molecular formula is C15H17BrN2O2S. The molecule has 0 aromatic heterocycles. The maximum Gasteiger partial charge on any atom is 0.244 e. The molecule has 0 radical (unpaired) electrons. The second kappa shape index (κ2) is 6.60. The van der Waals surface area contributed by atoms with Gasteiger partial charge in [0, 0.05) is 25.1 Å². The van der Waals surface area contributed by atoms with Gasteiger partial charge in [-0.1, -0.05) is 40.2 Å². The first-order valence-electron chi connectivity index (χ1n) is 6.41. The number of benzene rings is 2. The molecule has 0 saturated carbocycles. The molecule has 0 aliphatic heterocycles. The van der Waals surface area contributed by atoms with E-state index >= 15 is 0 Å². The zero-order chi connectivity index (χ0) is 15.5. The summed E-state index contributed by atoms with van der Waals surface area (Å²) in [5, 5.41) is 3.19. The lowest BCUT2D eigenvalue weighted by molar-refractivity contribution is 0.521. The molecule has 4 nitrogen and oxygen atoms in total. The zero-order valence-corrected chi connectivity index (χ0v) is 14.3. The van der Waals surface area contributed by atoms with Gasteiger partial charge in [-0.25, -0.2) is 12.7 Å². The molecule has 2 aromatic rings. The lowest BCUT2D eigenvalue weighted by Gasteiger charge is -2.16. The highest BCUT2D eigenvalue weighted by atomic mass is 79.9. The molecule has 2 rings (SSSR count). The zero-order valence-electron chi connectivity index (χ0n) is 11.9. The highest BCUT2D eigenvalue weighted by molar-refractivity contribution is 9.10. The van der Waals surface area contributed by atoms with Crippen molar-refractivity contribution < 1.29 is 8.42 Å². The third-order valence-electron chi connectivity index (χ3n) is 3.02. The summed E-state index contributed by atoms with van der Waals surface area (Å²) < 4.78 is 26.8. The van der Waals surface area contributed by atoms with Crippen LogP contribution in [0.3, 0.4) is 0 Å². The molecule has 112 valence electrons. The second-order valence-corrected chi connectivity index (χ2v) is 7.80. The van der Waals surface area contributed by atoms with E-state index in [1.165, 1.54) is 18.4 Å². The Hall–Kier alpha value is -1.37. The molecule has 21 heavy (non-hydrogen) atoms. The van der Waals surface area contributed by atoms with Gasteiger partial charge in [0.25, 0.3) is 0 Å². The molecule has 1 N–H and O–H groups in total. The van der Waals surface area contributed by atoms with Crippen LogP contribution in [0.2, 0.25) is 0 Å². The number of nitrogens with zero attached hydrogens (tertiary/aromatic N) is 1. The van der Waals surface area contributed by atoms with Gasteiger partial charge in [-0.2, -0.15) is 0 Å². The predicted molar refractivity (Wildman–Crippen MR) is 88.8 cm³/mol. The number of para-hydroxylation sites is 1. The third-order valence-corrected chi connectivity index (χ3v) is 5.38. The van der Waals surface area contributed by atoms with Crippen LogP contribution in [0.25, 0.3) is 0 Å². The van der Waals surface area contributed by atoms with Crippen LogP contribution in [-0.4, -0.2) is 26.8 Å². The van der Waals surface area contributed by atoms with Gasteiger partial charge in [0.05, 0.1) is 5.69 Å². The lowest BCUT2D eigenvalue weighted by atomic mass is 10.2. The minimum atomic E-state index is -3.46. The molecule has 0 fully saturated rings. The van der Waals surface area contributed by atoms with Crippen LogP contribution in [0.5, 0.6) is 0 Å². The summed E-state index contributed by atoms with van der Waals surface area (Å²) in [4.78, 5) is 0.282. The Morgan fingerprint density at radius 2 is 1.81 bits per heavy atom. The lowest BCUT2D eigenvalue weighted by Crippen LogP contribution is -2.23. The van der Waals surface area contributed by atoms with Crippen LogP contribution in [0, 0.1) is 0 Å². The van der Waals surface area contributed by atoms with Crippen LogP contribution in [0.15, 0.2) is 57.9 Å². The molecule has 0 saturated heterocycles. The molecule has 0 aliphatic carbocycles. The fourth-order valence-electron chi connectivity index (χ4n) is 1.88. The van der Waals surface area contributed by atoms with Gasteiger partial charge in [-0.05, 0) is 29.8 Å². The van der Waals surface area contributed by atoms with Crippen LogP contribution >= 0.6 is 15.9 Å². The molecule has 0 bridgehead atoms. The maximum atomic E-state index is 12.3.